The maximum Gasteiger partial charge on any atom is 0.252 e. The van der Waals surface area contributed by atoms with Crippen LogP contribution < -0.4 is 15.4 Å². The Balaban J connectivity index is 1.18. The van der Waals surface area contributed by atoms with Crippen molar-refractivity contribution in [3.8, 4) is 17.3 Å². The predicted octanol–water partition coefficient (Wildman–Crippen LogP) is 3.67. The highest BCUT2D eigenvalue weighted by molar-refractivity contribution is 5.93. The van der Waals surface area contributed by atoms with E-state index in [4.69, 9.17) is 24.7 Å². The Morgan fingerprint density at radius 3 is 2.58 bits per heavy atom. The normalized spacial score (nSPS) is 16.0. The Morgan fingerprint density at radius 1 is 1.02 bits per heavy atom. The second-order valence-electron chi connectivity index (χ2n) is 10.9. The highest BCUT2D eigenvalue weighted by atomic mass is 16.5. The number of carbonyl (C=O) groups excluding carboxylic acids is 1. The number of carbonyl (C=O) groups is 1. The largest absolute Gasteiger partial charge is 0.491 e. The van der Waals surface area contributed by atoms with Crippen LogP contribution in [0.25, 0.3) is 28.3 Å². The fraction of sp³-hybridized carbons (Fsp3) is 0.281. The number of benzene rings is 2. The molecular weight excluding hydrogens is 574 g/mol. The first-order valence-electron chi connectivity index (χ1n) is 14.8. The number of hydrogen-bond donors (Lipinski definition) is 1. The van der Waals surface area contributed by atoms with Crippen LogP contribution in [0.5, 0.6) is 5.75 Å². The van der Waals surface area contributed by atoms with Crippen molar-refractivity contribution in [2.24, 2.45) is 0 Å². The minimum absolute atomic E-state index is 0.0611. The lowest BCUT2D eigenvalue weighted by atomic mass is 10.0. The lowest BCUT2D eigenvalue weighted by molar-refractivity contribution is -0.136. The van der Waals surface area contributed by atoms with E-state index in [1.54, 1.807) is 36.4 Å². The number of nitrogens with zero attached hydrogens (tertiary/aromatic N) is 8. The first-order valence-corrected chi connectivity index (χ1v) is 14.8. The Kier molecular flexibility index (Phi) is 7.51. The third-order valence-corrected chi connectivity index (χ3v) is 8.06. The Morgan fingerprint density at radius 2 is 1.84 bits per heavy atom. The number of fused-ring (bicyclic) bond motifs is 3. The first-order chi connectivity index (χ1) is 22.0. The molecule has 6 aromatic rings. The Hall–Kier alpha value is -5.43. The first kappa shape index (κ1) is 28.3. The second kappa shape index (κ2) is 11.9. The zero-order valence-corrected chi connectivity index (χ0v) is 25.0. The third kappa shape index (κ3) is 5.31. The van der Waals surface area contributed by atoms with Gasteiger partial charge in [0.15, 0.2) is 23.1 Å². The van der Waals surface area contributed by atoms with Crippen LogP contribution in [0.15, 0.2) is 83.6 Å². The second-order valence-corrected chi connectivity index (χ2v) is 10.9. The van der Waals surface area contributed by atoms with Gasteiger partial charge in [0, 0.05) is 38.5 Å². The lowest BCUT2D eigenvalue weighted by Gasteiger charge is -2.42. The molecule has 2 N–H and O–H groups in total. The monoisotopic (exact) mass is 607 g/mol. The number of methoxy groups -OCH3 is 1. The molecule has 1 fully saturated rings. The van der Waals surface area contributed by atoms with Gasteiger partial charge in [-0.15, -0.1) is 5.10 Å². The molecule has 1 amide bonds. The van der Waals surface area contributed by atoms with E-state index in [1.165, 1.54) is 4.52 Å². The molecule has 2 aromatic carbocycles. The van der Waals surface area contributed by atoms with Crippen molar-refractivity contribution in [1.29, 1.82) is 0 Å². The molecule has 1 saturated heterocycles. The average Bonchev–Trinajstić information content (AvgIpc) is 3.83. The van der Waals surface area contributed by atoms with E-state index in [0.717, 1.165) is 17.0 Å². The van der Waals surface area contributed by atoms with Gasteiger partial charge in [0.1, 0.15) is 12.4 Å². The molecular formula is C32H33N9O4. The van der Waals surface area contributed by atoms with Crippen molar-refractivity contribution >= 4 is 34.2 Å². The van der Waals surface area contributed by atoms with Gasteiger partial charge in [0.2, 0.25) is 11.8 Å². The van der Waals surface area contributed by atoms with Crippen LogP contribution >= 0.6 is 0 Å². The standard InChI is InChI=1S/C32H33N9O4/c1-21-20-38(23-10-12-24(13-11-23)44-18-17-43-2)14-15-39(21)31(42)27(22-7-4-3-5-8-22)40-30-25(19-34-40)29-35-28(26-9-6-16-45-26)37-41(29)32(33)36-30/h3-13,16,19,21,27H,14-15,17-18,20H2,1-2H3,(H2,33,36)/t21-,27+/m1/s1. The van der Waals surface area contributed by atoms with Gasteiger partial charge in [0.05, 0.1) is 24.5 Å². The molecule has 5 heterocycles. The highest BCUT2D eigenvalue weighted by Gasteiger charge is 2.35. The van der Waals surface area contributed by atoms with Crippen LogP contribution in [0, 0.1) is 0 Å². The van der Waals surface area contributed by atoms with E-state index >= 15 is 0 Å². The molecule has 4 aromatic heterocycles. The predicted molar refractivity (Wildman–Crippen MR) is 168 cm³/mol. The summed E-state index contributed by atoms with van der Waals surface area (Å²) in [6.07, 6.45) is 3.22. The quantitative estimate of drug-likeness (QED) is 0.242. The molecule has 7 rings (SSSR count). The SMILES string of the molecule is COCCOc1ccc(N2CCN(C(=O)[C@H](c3ccccc3)n3ncc4c3nc(N)n3nc(-c5ccco5)nc43)[C@H](C)C2)cc1. The van der Waals surface area contributed by atoms with E-state index in [-0.39, 0.29) is 17.9 Å². The number of anilines is 2. The van der Waals surface area contributed by atoms with E-state index in [0.29, 0.717) is 61.1 Å². The molecule has 230 valence electrons. The fourth-order valence-corrected chi connectivity index (χ4v) is 5.82. The van der Waals surface area contributed by atoms with Gasteiger partial charge in [-0.2, -0.15) is 14.6 Å². The molecule has 1 aliphatic rings. The molecule has 0 spiro atoms. The van der Waals surface area contributed by atoms with Crippen LogP contribution in [0.2, 0.25) is 0 Å². The zero-order valence-electron chi connectivity index (χ0n) is 25.0. The van der Waals surface area contributed by atoms with Crippen molar-refractivity contribution in [3.05, 3.63) is 84.8 Å². The highest BCUT2D eigenvalue weighted by Crippen LogP contribution is 2.30. The summed E-state index contributed by atoms with van der Waals surface area (Å²) in [5, 5.41) is 9.80. The van der Waals surface area contributed by atoms with Gasteiger partial charge in [-0.1, -0.05) is 30.3 Å². The fourth-order valence-electron chi connectivity index (χ4n) is 5.82. The molecule has 2 atom stereocenters. The summed E-state index contributed by atoms with van der Waals surface area (Å²) in [5.74, 6) is 1.74. The third-order valence-electron chi connectivity index (χ3n) is 8.06. The maximum absolute atomic E-state index is 14.5. The van der Waals surface area contributed by atoms with Crippen molar-refractivity contribution in [2.45, 2.75) is 19.0 Å². The number of piperazine rings is 1. The number of hydrogen-bond acceptors (Lipinski definition) is 10. The van der Waals surface area contributed by atoms with Crippen molar-refractivity contribution in [1.82, 2.24) is 34.3 Å². The molecule has 13 nitrogen and oxygen atoms in total. The zero-order chi connectivity index (χ0) is 30.9. The van der Waals surface area contributed by atoms with Crippen molar-refractivity contribution in [2.75, 3.05) is 50.6 Å². The summed E-state index contributed by atoms with van der Waals surface area (Å²) >= 11 is 0. The summed E-state index contributed by atoms with van der Waals surface area (Å²) in [6.45, 7) is 5.02. The number of nitrogens with two attached hydrogens (primary N) is 1. The summed E-state index contributed by atoms with van der Waals surface area (Å²) in [6, 6.07) is 20.4. The van der Waals surface area contributed by atoms with E-state index in [1.807, 2.05) is 59.5 Å². The lowest BCUT2D eigenvalue weighted by Crippen LogP contribution is -2.55. The molecule has 0 unspecified atom stereocenters. The Labute approximate surface area is 258 Å². The van der Waals surface area contributed by atoms with Gasteiger partial charge in [-0.3, -0.25) is 4.79 Å². The average molecular weight is 608 g/mol. The van der Waals surface area contributed by atoms with Crippen LogP contribution in [0.4, 0.5) is 11.6 Å². The summed E-state index contributed by atoms with van der Waals surface area (Å²) in [5.41, 5.74) is 9.17. The van der Waals surface area contributed by atoms with Gasteiger partial charge in [0.25, 0.3) is 5.91 Å². The van der Waals surface area contributed by atoms with Crippen LogP contribution in [0.1, 0.15) is 18.5 Å². The molecule has 0 radical (unpaired) electrons. The molecule has 0 bridgehead atoms. The number of aromatic nitrogens is 6. The van der Waals surface area contributed by atoms with Gasteiger partial charge in [-0.25, -0.2) is 9.67 Å². The molecule has 0 aliphatic carbocycles. The van der Waals surface area contributed by atoms with Gasteiger partial charge < -0.3 is 29.4 Å². The number of furan rings is 1. The minimum Gasteiger partial charge on any atom is -0.491 e. The van der Waals surface area contributed by atoms with Gasteiger partial charge >= 0.3 is 0 Å². The Bertz CT molecular complexity index is 1920. The van der Waals surface area contributed by atoms with Gasteiger partial charge in [-0.05, 0) is 48.9 Å². The minimum atomic E-state index is -0.761. The molecule has 1 aliphatic heterocycles. The number of ether oxygens (including phenoxy) is 2. The molecule has 0 saturated carbocycles. The van der Waals surface area contributed by atoms with Crippen LogP contribution in [-0.2, 0) is 9.53 Å². The van der Waals surface area contributed by atoms with E-state index in [2.05, 4.69) is 26.9 Å². The molecule has 13 heteroatoms. The number of amides is 1. The maximum atomic E-state index is 14.5. The van der Waals surface area contributed by atoms with Crippen LogP contribution in [0.3, 0.4) is 0 Å². The van der Waals surface area contributed by atoms with E-state index in [9.17, 15) is 4.79 Å². The summed E-state index contributed by atoms with van der Waals surface area (Å²) in [7, 11) is 1.65. The summed E-state index contributed by atoms with van der Waals surface area (Å²) < 4.78 is 19.4. The summed E-state index contributed by atoms with van der Waals surface area (Å²) in [4.78, 5) is 28.0. The van der Waals surface area contributed by atoms with Crippen molar-refractivity contribution in [3.63, 3.8) is 0 Å². The number of rotatable bonds is 9. The van der Waals surface area contributed by atoms with Crippen LogP contribution in [-0.4, -0.2) is 86.2 Å². The topological polar surface area (TPSA) is 142 Å². The van der Waals surface area contributed by atoms with E-state index < -0.39 is 6.04 Å². The number of nitrogen functional groups attached to an aromatic ring is 1. The van der Waals surface area contributed by atoms with Crippen molar-refractivity contribution < 1.29 is 18.7 Å². The smallest absolute Gasteiger partial charge is 0.252 e. The molecule has 45 heavy (non-hydrogen) atoms.